The Morgan fingerprint density at radius 3 is 2.81 bits per heavy atom. The van der Waals surface area contributed by atoms with Gasteiger partial charge in [0.05, 0.1) is 10.9 Å². The number of ether oxygens (including phenoxy) is 1. The van der Waals surface area contributed by atoms with Crippen LogP contribution < -0.4 is 10.1 Å². The van der Waals surface area contributed by atoms with Gasteiger partial charge < -0.3 is 14.6 Å². The maximum absolute atomic E-state index is 12.3. The molecule has 0 saturated carbocycles. The molecule has 27 heavy (non-hydrogen) atoms. The van der Waals surface area contributed by atoms with Gasteiger partial charge in [0.2, 0.25) is 5.91 Å². The number of amides is 1. The molecule has 2 aromatic heterocycles. The molecule has 1 unspecified atom stereocenters. The highest BCUT2D eigenvalue weighted by molar-refractivity contribution is 8.00. The number of aromatic nitrogens is 4. The minimum atomic E-state index is -0.331. The van der Waals surface area contributed by atoms with Crippen LogP contribution in [0, 0.1) is 13.8 Å². The second kappa shape index (κ2) is 8.53. The van der Waals surface area contributed by atoms with Crippen LogP contribution in [0.15, 0.2) is 34.8 Å². The van der Waals surface area contributed by atoms with Gasteiger partial charge in [-0.1, -0.05) is 30.0 Å². The zero-order chi connectivity index (χ0) is 19.4. The van der Waals surface area contributed by atoms with E-state index in [-0.39, 0.29) is 11.2 Å². The topological polar surface area (TPSA) is 81.9 Å². The fourth-order valence-electron chi connectivity index (χ4n) is 2.26. The molecule has 1 N–H and O–H groups in total. The third-order valence-corrected chi connectivity index (χ3v) is 5.89. The Bertz CT molecular complexity index is 937. The van der Waals surface area contributed by atoms with Gasteiger partial charge in [-0.25, -0.2) is 4.98 Å². The van der Waals surface area contributed by atoms with E-state index in [4.69, 9.17) is 4.74 Å². The second-order valence-corrected chi connectivity index (χ2v) is 8.22. The molecule has 0 fully saturated rings. The van der Waals surface area contributed by atoms with Gasteiger partial charge in [-0.05, 0) is 32.4 Å². The van der Waals surface area contributed by atoms with Gasteiger partial charge in [0.1, 0.15) is 12.4 Å². The molecule has 1 amide bonds. The zero-order valence-electron chi connectivity index (χ0n) is 15.6. The molecule has 2 heterocycles. The highest BCUT2D eigenvalue weighted by Crippen LogP contribution is 2.24. The lowest BCUT2D eigenvalue weighted by Crippen LogP contribution is -2.22. The number of aryl methyl sites for hydroxylation is 2. The normalized spacial score (nSPS) is 12.0. The first-order chi connectivity index (χ1) is 12.9. The molecule has 3 aromatic rings. The number of para-hydroxylation sites is 1. The van der Waals surface area contributed by atoms with Gasteiger partial charge in [-0.2, -0.15) is 0 Å². The number of rotatable bonds is 7. The number of carbonyl (C=O) groups excluding carboxylic acids is 1. The number of thioether (sulfide) groups is 1. The lowest BCUT2D eigenvalue weighted by molar-refractivity contribution is -0.115. The summed E-state index contributed by atoms with van der Waals surface area (Å²) in [6.07, 6.45) is 0. The van der Waals surface area contributed by atoms with Gasteiger partial charge in [-0.15, -0.1) is 21.5 Å². The molecule has 1 atom stereocenters. The molecular weight excluding hydrogens is 382 g/mol. The highest BCUT2D eigenvalue weighted by Gasteiger charge is 2.20. The van der Waals surface area contributed by atoms with E-state index in [9.17, 15) is 4.79 Å². The molecule has 0 saturated heterocycles. The van der Waals surface area contributed by atoms with Crippen LogP contribution in [0.2, 0.25) is 0 Å². The summed E-state index contributed by atoms with van der Waals surface area (Å²) >= 11 is 2.76. The fraction of sp³-hybridized carbons (Fsp3) is 0.333. The molecule has 1 aromatic carbocycles. The Hall–Kier alpha value is -2.39. The third kappa shape index (κ3) is 4.86. The third-order valence-electron chi connectivity index (χ3n) is 3.88. The van der Waals surface area contributed by atoms with Crippen LogP contribution in [0.25, 0.3) is 0 Å². The molecule has 0 aliphatic rings. The Morgan fingerprint density at radius 1 is 1.33 bits per heavy atom. The summed E-state index contributed by atoms with van der Waals surface area (Å²) in [5.41, 5.74) is 1.96. The quantitative estimate of drug-likeness (QED) is 0.607. The minimum Gasteiger partial charge on any atom is -0.485 e. The van der Waals surface area contributed by atoms with Gasteiger partial charge in [0, 0.05) is 12.4 Å². The maximum atomic E-state index is 12.3. The Kier molecular flexibility index (Phi) is 6.12. The number of benzene rings is 1. The van der Waals surface area contributed by atoms with Crippen molar-refractivity contribution < 1.29 is 9.53 Å². The molecule has 3 rings (SSSR count). The first-order valence-electron chi connectivity index (χ1n) is 8.40. The van der Waals surface area contributed by atoms with Crippen LogP contribution in [-0.2, 0) is 18.4 Å². The van der Waals surface area contributed by atoms with E-state index in [0.717, 1.165) is 17.0 Å². The molecule has 9 heteroatoms. The average molecular weight is 404 g/mol. The van der Waals surface area contributed by atoms with Crippen molar-refractivity contribution >= 4 is 34.1 Å². The van der Waals surface area contributed by atoms with Crippen molar-refractivity contribution in [1.82, 2.24) is 19.7 Å². The van der Waals surface area contributed by atoms with Crippen molar-refractivity contribution in [3.8, 4) is 5.75 Å². The monoisotopic (exact) mass is 403 g/mol. The van der Waals surface area contributed by atoms with Crippen LogP contribution >= 0.6 is 23.1 Å². The number of nitrogens with one attached hydrogen (secondary N) is 1. The Balaban J connectivity index is 1.59. The van der Waals surface area contributed by atoms with Crippen molar-refractivity contribution in [3.63, 3.8) is 0 Å². The lowest BCUT2D eigenvalue weighted by atomic mass is 10.2. The van der Waals surface area contributed by atoms with Gasteiger partial charge >= 0.3 is 0 Å². The minimum absolute atomic E-state index is 0.116. The average Bonchev–Trinajstić information content (AvgIpc) is 3.20. The predicted octanol–water partition coefficient (Wildman–Crippen LogP) is 3.59. The fourth-order valence-corrected chi connectivity index (χ4v) is 3.79. The van der Waals surface area contributed by atoms with E-state index in [1.807, 2.05) is 62.0 Å². The molecule has 0 bridgehead atoms. The largest absolute Gasteiger partial charge is 0.485 e. The number of nitrogens with zero attached hydrogens (tertiary/aromatic N) is 4. The van der Waals surface area contributed by atoms with Crippen molar-refractivity contribution in [1.29, 1.82) is 0 Å². The van der Waals surface area contributed by atoms with Crippen molar-refractivity contribution in [2.24, 2.45) is 7.05 Å². The summed E-state index contributed by atoms with van der Waals surface area (Å²) in [7, 11) is 1.87. The first kappa shape index (κ1) is 19.4. The van der Waals surface area contributed by atoms with E-state index in [1.54, 1.807) is 0 Å². The van der Waals surface area contributed by atoms with Gasteiger partial charge in [0.25, 0.3) is 0 Å². The van der Waals surface area contributed by atoms with Crippen LogP contribution in [0.5, 0.6) is 5.75 Å². The van der Waals surface area contributed by atoms with Crippen molar-refractivity contribution in [2.45, 2.75) is 37.8 Å². The summed E-state index contributed by atoms with van der Waals surface area (Å²) in [6.45, 7) is 6.04. The van der Waals surface area contributed by atoms with Crippen molar-refractivity contribution in [2.75, 3.05) is 5.32 Å². The predicted molar refractivity (Wildman–Crippen MR) is 107 cm³/mol. The summed E-state index contributed by atoms with van der Waals surface area (Å²) < 4.78 is 7.68. The number of hydrogen-bond donors (Lipinski definition) is 1. The SMILES string of the molecule is Cc1csc(NC(=O)C(C)Sc2nnc(COc3ccccc3C)n2C)n1. The Morgan fingerprint density at radius 2 is 2.11 bits per heavy atom. The molecular formula is C18H21N5O2S2. The van der Waals surface area contributed by atoms with E-state index in [0.29, 0.717) is 22.7 Å². The van der Waals surface area contributed by atoms with Crippen molar-refractivity contribution in [3.05, 3.63) is 46.7 Å². The summed E-state index contributed by atoms with van der Waals surface area (Å²) in [5, 5.41) is 14.0. The van der Waals surface area contributed by atoms with E-state index in [2.05, 4.69) is 20.5 Å². The van der Waals surface area contributed by atoms with Crippen LogP contribution in [-0.4, -0.2) is 30.9 Å². The molecule has 0 aliphatic carbocycles. The number of thiazole rings is 1. The van der Waals surface area contributed by atoms with Crippen LogP contribution in [0.1, 0.15) is 24.0 Å². The zero-order valence-corrected chi connectivity index (χ0v) is 17.2. The standard InChI is InChI=1S/C18H21N5O2S2/c1-11-7-5-6-8-14(11)25-9-15-21-22-18(23(15)4)27-13(3)16(24)20-17-19-12(2)10-26-17/h5-8,10,13H,9H2,1-4H3,(H,19,20,24). The second-order valence-electron chi connectivity index (χ2n) is 6.06. The first-order valence-corrected chi connectivity index (χ1v) is 10.2. The maximum Gasteiger partial charge on any atom is 0.239 e. The van der Waals surface area contributed by atoms with Gasteiger partial charge in [0.15, 0.2) is 16.1 Å². The molecule has 7 nitrogen and oxygen atoms in total. The van der Waals surface area contributed by atoms with Crippen LogP contribution in [0.3, 0.4) is 0 Å². The molecule has 142 valence electrons. The van der Waals surface area contributed by atoms with E-state index < -0.39 is 0 Å². The van der Waals surface area contributed by atoms with E-state index in [1.165, 1.54) is 23.1 Å². The molecule has 0 radical (unpaired) electrons. The summed E-state index contributed by atoms with van der Waals surface area (Å²) in [5.74, 6) is 1.40. The number of anilines is 1. The number of carbonyl (C=O) groups is 1. The molecule has 0 spiro atoms. The van der Waals surface area contributed by atoms with E-state index >= 15 is 0 Å². The van der Waals surface area contributed by atoms with Crippen LogP contribution in [0.4, 0.5) is 5.13 Å². The summed E-state index contributed by atoms with van der Waals surface area (Å²) in [6, 6.07) is 7.83. The lowest BCUT2D eigenvalue weighted by Gasteiger charge is -2.11. The smallest absolute Gasteiger partial charge is 0.239 e. The van der Waals surface area contributed by atoms with Gasteiger partial charge in [-0.3, -0.25) is 4.79 Å². The Labute approximate surface area is 166 Å². The highest BCUT2D eigenvalue weighted by atomic mass is 32.2. The number of hydrogen-bond acceptors (Lipinski definition) is 7. The summed E-state index contributed by atoms with van der Waals surface area (Å²) in [4.78, 5) is 16.6. The molecule has 0 aliphatic heterocycles.